The van der Waals surface area contributed by atoms with Gasteiger partial charge in [-0.15, -0.1) is 0 Å². The molecule has 1 N–H and O–H groups in total. The van der Waals surface area contributed by atoms with Gasteiger partial charge in [0.15, 0.2) is 0 Å². The molecule has 0 unspecified atom stereocenters. The zero-order valence-electron chi connectivity index (χ0n) is 8.86. The fourth-order valence-corrected chi connectivity index (χ4v) is 1.32. The van der Waals surface area contributed by atoms with Gasteiger partial charge in [0.1, 0.15) is 5.75 Å². The lowest BCUT2D eigenvalue weighted by molar-refractivity contribution is 0.192. The Morgan fingerprint density at radius 1 is 1.14 bits per heavy atom. The molecule has 0 bridgehead atoms. The first-order valence-corrected chi connectivity index (χ1v) is 5.16. The third-order valence-corrected chi connectivity index (χ3v) is 2.32. The maximum absolute atomic E-state index is 8.86. The number of ether oxygens (including phenoxy) is 1. The van der Waals surface area contributed by atoms with Crippen LogP contribution >= 0.6 is 0 Å². The fourth-order valence-electron chi connectivity index (χ4n) is 1.32. The van der Waals surface area contributed by atoms with Crippen molar-refractivity contribution in [1.29, 1.82) is 0 Å². The van der Waals surface area contributed by atoms with E-state index in [1.807, 2.05) is 24.3 Å². The molecule has 1 aromatic rings. The van der Waals surface area contributed by atoms with E-state index in [1.54, 1.807) is 0 Å². The Bertz CT molecular complexity index is 250. The Balaban J connectivity index is 2.58. The number of hydrogen-bond donors (Lipinski definition) is 1. The first-order valence-electron chi connectivity index (χ1n) is 5.16. The van der Waals surface area contributed by atoms with Gasteiger partial charge in [0.2, 0.25) is 0 Å². The van der Waals surface area contributed by atoms with Crippen molar-refractivity contribution in [3.63, 3.8) is 0 Å². The predicted octanol–water partition coefficient (Wildman–Crippen LogP) is 2.75. The summed E-state index contributed by atoms with van der Waals surface area (Å²) in [5, 5.41) is 8.86. The molecule has 1 aromatic carbocycles. The Morgan fingerprint density at radius 3 is 2.14 bits per heavy atom. The third kappa shape index (κ3) is 3.04. The van der Waals surface area contributed by atoms with Gasteiger partial charge < -0.3 is 9.84 Å². The van der Waals surface area contributed by atoms with Crippen molar-refractivity contribution in [3.05, 3.63) is 29.8 Å². The second-order valence-electron chi connectivity index (χ2n) is 3.36. The minimum absolute atomic E-state index is 0.0886. The average molecular weight is 194 g/mol. The standard InChI is InChI=1S/C12H18O2/c1-3-11(4-2)14-12-7-5-10(9-13)6-8-12/h5-8,11,13H,3-4,9H2,1-2H3. The van der Waals surface area contributed by atoms with Crippen LogP contribution in [0.4, 0.5) is 0 Å². The van der Waals surface area contributed by atoms with Crippen LogP contribution < -0.4 is 4.74 Å². The summed E-state index contributed by atoms with van der Waals surface area (Å²) in [6.07, 6.45) is 2.35. The summed E-state index contributed by atoms with van der Waals surface area (Å²) < 4.78 is 5.73. The summed E-state index contributed by atoms with van der Waals surface area (Å²) in [7, 11) is 0. The summed E-state index contributed by atoms with van der Waals surface area (Å²) in [4.78, 5) is 0. The van der Waals surface area contributed by atoms with Gasteiger partial charge in [0, 0.05) is 0 Å². The Morgan fingerprint density at radius 2 is 1.71 bits per heavy atom. The van der Waals surface area contributed by atoms with Crippen LogP contribution in [0.15, 0.2) is 24.3 Å². The van der Waals surface area contributed by atoms with E-state index in [0.29, 0.717) is 6.10 Å². The van der Waals surface area contributed by atoms with E-state index in [0.717, 1.165) is 24.2 Å². The van der Waals surface area contributed by atoms with Crippen LogP contribution in [0.25, 0.3) is 0 Å². The van der Waals surface area contributed by atoms with E-state index in [9.17, 15) is 0 Å². The lowest BCUT2D eigenvalue weighted by Gasteiger charge is -2.15. The molecule has 0 heterocycles. The first kappa shape index (κ1) is 11.1. The van der Waals surface area contributed by atoms with Gasteiger partial charge in [0.25, 0.3) is 0 Å². The van der Waals surface area contributed by atoms with Gasteiger partial charge in [-0.25, -0.2) is 0 Å². The van der Waals surface area contributed by atoms with Crippen LogP contribution in [0.2, 0.25) is 0 Å². The molecule has 0 radical (unpaired) electrons. The highest BCUT2D eigenvalue weighted by Gasteiger charge is 2.04. The molecule has 0 aliphatic rings. The van der Waals surface area contributed by atoms with Gasteiger partial charge in [-0.2, -0.15) is 0 Å². The smallest absolute Gasteiger partial charge is 0.119 e. The largest absolute Gasteiger partial charge is 0.490 e. The van der Waals surface area contributed by atoms with Crippen molar-refractivity contribution < 1.29 is 9.84 Å². The molecule has 0 saturated heterocycles. The molecule has 0 saturated carbocycles. The van der Waals surface area contributed by atoms with Gasteiger partial charge in [-0.1, -0.05) is 26.0 Å². The Labute approximate surface area is 85.5 Å². The molecular weight excluding hydrogens is 176 g/mol. The molecular formula is C12H18O2. The van der Waals surface area contributed by atoms with Gasteiger partial charge in [0.05, 0.1) is 12.7 Å². The average Bonchev–Trinajstić information content (AvgIpc) is 2.26. The van der Waals surface area contributed by atoms with E-state index in [4.69, 9.17) is 9.84 Å². The normalized spacial score (nSPS) is 10.6. The van der Waals surface area contributed by atoms with Crippen LogP contribution in [-0.2, 0) is 6.61 Å². The van der Waals surface area contributed by atoms with Crippen molar-refractivity contribution in [2.75, 3.05) is 0 Å². The maximum Gasteiger partial charge on any atom is 0.119 e. The molecule has 0 aromatic heterocycles. The molecule has 2 heteroatoms. The number of benzene rings is 1. The fraction of sp³-hybridized carbons (Fsp3) is 0.500. The number of rotatable bonds is 5. The second kappa shape index (κ2) is 5.66. The summed E-state index contributed by atoms with van der Waals surface area (Å²) >= 11 is 0. The van der Waals surface area contributed by atoms with Crippen molar-refractivity contribution in [1.82, 2.24) is 0 Å². The van der Waals surface area contributed by atoms with Crippen molar-refractivity contribution in [2.45, 2.75) is 39.4 Å². The molecule has 78 valence electrons. The van der Waals surface area contributed by atoms with Crippen LogP contribution in [-0.4, -0.2) is 11.2 Å². The highest BCUT2D eigenvalue weighted by molar-refractivity contribution is 5.26. The van der Waals surface area contributed by atoms with Crippen LogP contribution in [0.5, 0.6) is 5.75 Å². The SMILES string of the molecule is CCC(CC)Oc1ccc(CO)cc1. The van der Waals surface area contributed by atoms with Crippen molar-refractivity contribution in [2.24, 2.45) is 0 Å². The zero-order valence-corrected chi connectivity index (χ0v) is 8.86. The third-order valence-electron chi connectivity index (χ3n) is 2.32. The highest BCUT2D eigenvalue weighted by atomic mass is 16.5. The quantitative estimate of drug-likeness (QED) is 0.781. The predicted molar refractivity (Wildman–Crippen MR) is 57.4 cm³/mol. The highest BCUT2D eigenvalue weighted by Crippen LogP contribution is 2.16. The van der Waals surface area contributed by atoms with E-state index in [2.05, 4.69) is 13.8 Å². The first-order chi connectivity index (χ1) is 6.80. The number of aliphatic hydroxyl groups is 1. The number of hydrogen-bond acceptors (Lipinski definition) is 2. The summed E-state index contributed by atoms with van der Waals surface area (Å²) in [6.45, 7) is 4.33. The summed E-state index contributed by atoms with van der Waals surface area (Å²) in [5.74, 6) is 0.885. The second-order valence-corrected chi connectivity index (χ2v) is 3.36. The molecule has 0 amide bonds. The van der Waals surface area contributed by atoms with Gasteiger partial charge in [-0.05, 0) is 30.5 Å². The van der Waals surface area contributed by atoms with E-state index in [1.165, 1.54) is 0 Å². The molecule has 14 heavy (non-hydrogen) atoms. The molecule has 1 rings (SSSR count). The minimum Gasteiger partial charge on any atom is -0.490 e. The molecule has 0 aliphatic heterocycles. The van der Waals surface area contributed by atoms with Crippen molar-refractivity contribution >= 4 is 0 Å². The monoisotopic (exact) mass is 194 g/mol. The molecule has 0 spiro atoms. The lowest BCUT2D eigenvalue weighted by atomic mass is 10.2. The van der Waals surface area contributed by atoms with Gasteiger partial charge in [-0.3, -0.25) is 0 Å². The summed E-state index contributed by atoms with van der Waals surface area (Å²) in [6, 6.07) is 7.59. The van der Waals surface area contributed by atoms with Crippen LogP contribution in [0.1, 0.15) is 32.3 Å². The van der Waals surface area contributed by atoms with Crippen molar-refractivity contribution in [3.8, 4) is 5.75 Å². The molecule has 0 aliphatic carbocycles. The van der Waals surface area contributed by atoms with E-state index in [-0.39, 0.29) is 6.61 Å². The lowest BCUT2D eigenvalue weighted by Crippen LogP contribution is -2.13. The maximum atomic E-state index is 8.86. The van der Waals surface area contributed by atoms with E-state index < -0.39 is 0 Å². The van der Waals surface area contributed by atoms with Gasteiger partial charge >= 0.3 is 0 Å². The van der Waals surface area contributed by atoms with Crippen LogP contribution in [0, 0.1) is 0 Å². The van der Waals surface area contributed by atoms with Crippen LogP contribution in [0.3, 0.4) is 0 Å². The Kier molecular flexibility index (Phi) is 4.47. The summed E-state index contributed by atoms with van der Waals surface area (Å²) in [5.41, 5.74) is 0.918. The zero-order chi connectivity index (χ0) is 10.4. The molecule has 0 fully saturated rings. The number of aliphatic hydroxyl groups excluding tert-OH is 1. The topological polar surface area (TPSA) is 29.5 Å². The minimum atomic E-state index is 0.0886. The van der Waals surface area contributed by atoms with E-state index >= 15 is 0 Å². The molecule has 2 nitrogen and oxygen atoms in total. The Hall–Kier alpha value is -1.02. The molecule has 0 atom stereocenters.